The third kappa shape index (κ3) is 19.9. The van der Waals surface area contributed by atoms with Crippen molar-refractivity contribution in [1.29, 1.82) is 0 Å². The van der Waals surface area contributed by atoms with E-state index in [1.54, 1.807) is 66.7 Å². The number of carbonyl (C=O) groups excluding carboxylic acids is 8. The van der Waals surface area contributed by atoms with Gasteiger partial charge in [0.2, 0.25) is 23.6 Å². The second kappa shape index (κ2) is 36.2. The van der Waals surface area contributed by atoms with Gasteiger partial charge in [0.05, 0.1) is 36.1 Å². The molecule has 0 saturated carbocycles. The number of fused-ring (bicyclic) bond motifs is 4. The molecule has 1 unspecified atom stereocenters. The number of carbonyl (C=O) groups is 8. The number of hydrogen-bond donors (Lipinski definition) is 5. The molecular weight excluding hydrogens is 1190 g/mol. The molecule has 2 saturated heterocycles. The number of aryl methyl sites for hydroxylation is 2. The first-order chi connectivity index (χ1) is 42.8. The van der Waals surface area contributed by atoms with Gasteiger partial charge in [-0.05, 0) is 155 Å². The first-order valence-corrected chi connectivity index (χ1v) is 33.1. The number of amides is 7. The Bertz CT molecular complexity index is 2830. The quantitative estimate of drug-likeness (QED) is 0.0572. The van der Waals surface area contributed by atoms with Gasteiger partial charge in [-0.3, -0.25) is 48.4 Å². The van der Waals surface area contributed by atoms with E-state index in [2.05, 4.69) is 82.4 Å². The SMILES string of the molecule is C=CCC[C@@H](OC)[C@@H](C)C(=O)N[C@H](C(=O)N[C@@H](C)C(=O)N1CCC[C@@H](C(=O)N(C)C2CCc3ccc(C=C)cc32)N1)C(C)C.CO[C@@H]1CC/C=C/c2ccc3c(c2)[C@@H](CC3)N(C)C(=O)[C@@H]2CCCN(N2)C(=O)[C@H](C)NC(=O)[C@H](C(C)C)OC(=O)[C@@H]1C.ClCCCl. The molecule has 4 bridgehead atoms. The summed E-state index contributed by atoms with van der Waals surface area (Å²) in [4.78, 5) is 110. The Morgan fingerprint density at radius 2 is 1.51 bits per heavy atom. The van der Waals surface area contributed by atoms with Crippen LogP contribution < -0.4 is 26.8 Å². The number of cyclic esters (lactones) is 1. The molecule has 2 fully saturated rings. The summed E-state index contributed by atoms with van der Waals surface area (Å²) in [7, 11) is 6.80. The Morgan fingerprint density at radius 3 is 2.16 bits per heavy atom. The van der Waals surface area contributed by atoms with Crippen molar-refractivity contribution >= 4 is 82.7 Å². The number of nitrogens with one attached hydrogen (secondary N) is 5. The molecule has 7 amide bonds. The van der Waals surface area contributed by atoms with Gasteiger partial charge in [-0.2, -0.15) is 0 Å². The molecule has 22 heteroatoms. The van der Waals surface area contributed by atoms with Gasteiger partial charge in [0.15, 0.2) is 6.10 Å². The van der Waals surface area contributed by atoms with Gasteiger partial charge in [-0.25, -0.2) is 10.9 Å². The molecule has 0 aromatic heterocycles. The van der Waals surface area contributed by atoms with Gasteiger partial charge in [0.25, 0.3) is 17.7 Å². The van der Waals surface area contributed by atoms with Crippen LogP contribution in [-0.2, 0) is 65.4 Å². The fourth-order valence-electron chi connectivity index (χ4n) is 12.2. The van der Waals surface area contributed by atoms with Crippen molar-refractivity contribution in [2.24, 2.45) is 23.7 Å². The Balaban J connectivity index is 0.000000309. The van der Waals surface area contributed by atoms with Crippen LogP contribution in [0, 0.1) is 23.7 Å². The number of hydrogen-bond acceptors (Lipinski definition) is 13. The van der Waals surface area contributed by atoms with Crippen molar-refractivity contribution in [1.82, 2.24) is 46.6 Å². The lowest BCUT2D eigenvalue weighted by Gasteiger charge is -2.37. The third-order valence-corrected chi connectivity index (χ3v) is 18.3. The molecule has 5 aliphatic rings. The van der Waals surface area contributed by atoms with Crippen molar-refractivity contribution in [2.75, 3.05) is 53.2 Å². The summed E-state index contributed by atoms with van der Waals surface area (Å²) in [6.07, 6.45) is 14.6. The summed E-state index contributed by atoms with van der Waals surface area (Å²) in [6.45, 7) is 22.4. The highest BCUT2D eigenvalue weighted by molar-refractivity contribution is 6.26. The van der Waals surface area contributed by atoms with E-state index in [0.29, 0.717) is 76.2 Å². The maximum atomic E-state index is 13.6. The minimum absolute atomic E-state index is 0.0319. The normalized spacial score (nSPS) is 24.8. The van der Waals surface area contributed by atoms with Crippen LogP contribution in [0.3, 0.4) is 0 Å². The fraction of sp³-hybridized carbons (Fsp3) is 0.618. The summed E-state index contributed by atoms with van der Waals surface area (Å²) >= 11 is 10.1. The topological polar surface area (TPSA) is 237 Å². The Morgan fingerprint density at radius 1 is 0.833 bits per heavy atom. The van der Waals surface area contributed by atoms with Crippen molar-refractivity contribution in [2.45, 2.75) is 193 Å². The van der Waals surface area contributed by atoms with Crippen molar-refractivity contribution in [3.05, 3.63) is 95.1 Å². The number of likely N-dealkylation sites (N-methyl/N-ethyl adjacent to an activating group) is 2. The smallest absolute Gasteiger partial charge is 0.312 e. The molecular formula is C68H101Cl2N9O11. The van der Waals surface area contributed by atoms with Crippen LogP contribution in [0.2, 0.25) is 0 Å². The zero-order chi connectivity index (χ0) is 66.5. The largest absolute Gasteiger partial charge is 0.452 e. The standard InChI is InChI=1S/C34H51N5O5.C32H46N4O6.C2H4Cl2/c1-9-11-14-29(44-8)22(5)31(40)36-30(21(3)4)32(41)35-23(6)33(42)39-19-12-13-27(37-39)34(43)38(7)28-18-17-25-16-15-24(10-2)20-26(25)28;1-19(2)28-29(37)33-21(4)30(38)36-17-9-11-25(34-36)31(39)35(5)26-16-15-23-14-13-22(18-24(23)26)10-7-8-12-27(41-6)20(3)32(40)42-28;3-1-2-4/h9-10,15-16,20-23,27-30,37H,1-2,11-14,17-19H2,3-8H3,(H,35,41)(H,36,40);7,10,13-14,18-21,25-28,34H,8-9,11-12,15-17H2,1-6H3,(H,33,37);1-2H2/b;10-7+;/t22-,23+,27+,28?,29-,30+;20-,21+,25+,26-,27-,28+;/m11./s1. The molecule has 2 aliphatic carbocycles. The van der Waals surface area contributed by atoms with Gasteiger partial charge in [-0.15, -0.1) is 29.8 Å². The number of nitrogens with zero attached hydrogens (tertiary/aromatic N) is 4. The maximum Gasteiger partial charge on any atom is 0.312 e. The average Bonchev–Trinajstić information content (AvgIpc) is 1.65. The maximum absolute atomic E-state index is 13.6. The van der Waals surface area contributed by atoms with Crippen molar-refractivity contribution in [3.8, 4) is 0 Å². The minimum atomic E-state index is -1.06. The number of esters is 1. The molecule has 3 heterocycles. The van der Waals surface area contributed by atoms with Crippen molar-refractivity contribution in [3.63, 3.8) is 0 Å². The van der Waals surface area contributed by atoms with E-state index in [1.807, 2.05) is 45.0 Å². The molecule has 5 N–H and O–H groups in total. The van der Waals surface area contributed by atoms with Crippen LogP contribution in [0.1, 0.15) is 165 Å². The van der Waals surface area contributed by atoms with Gasteiger partial charge in [0, 0.05) is 53.2 Å². The van der Waals surface area contributed by atoms with Crippen LogP contribution in [-0.4, -0.2) is 169 Å². The van der Waals surface area contributed by atoms with Gasteiger partial charge < -0.3 is 40.0 Å². The summed E-state index contributed by atoms with van der Waals surface area (Å²) in [5.74, 6) is -3.07. The zero-order valence-corrected chi connectivity index (χ0v) is 56.6. The van der Waals surface area contributed by atoms with Crippen molar-refractivity contribution < 1.29 is 52.6 Å². The second-order valence-corrected chi connectivity index (χ2v) is 25.7. The van der Waals surface area contributed by atoms with E-state index < -0.39 is 72.0 Å². The highest BCUT2D eigenvalue weighted by atomic mass is 35.5. The summed E-state index contributed by atoms with van der Waals surface area (Å²) < 4.78 is 16.8. The number of allylic oxidation sites excluding steroid dienone is 2. The number of hydrazine groups is 2. The lowest BCUT2D eigenvalue weighted by atomic mass is 9.97. The highest BCUT2D eigenvalue weighted by Crippen LogP contribution is 2.38. The van der Waals surface area contributed by atoms with Crippen LogP contribution in [0.15, 0.2) is 61.7 Å². The lowest BCUT2D eigenvalue weighted by molar-refractivity contribution is -0.166. The Labute approximate surface area is 544 Å². The second-order valence-electron chi connectivity index (χ2n) is 24.9. The van der Waals surface area contributed by atoms with Crippen LogP contribution in [0.25, 0.3) is 12.2 Å². The molecule has 20 nitrogen and oxygen atoms in total. The number of halogens is 2. The summed E-state index contributed by atoms with van der Waals surface area (Å²) in [5, 5.41) is 11.2. The van der Waals surface area contributed by atoms with E-state index in [1.165, 1.54) is 21.1 Å². The predicted molar refractivity (Wildman–Crippen MR) is 352 cm³/mol. The Kier molecular flexibility index (Phi) is 30.0. The number of methoxy groups -OCH3 is 2. The van der Waals surface area contributed by atoms with Crippen LogP contribution in [0.5, 0.6) is 0 Å². The van der Waals surface area contributed by atoms with E-state index in [9.17, 15) is 38.4 Å². The summed E-state index contributed by atoms with van der Waals surface area (Å²) in [6, 6.07) is 8.91. The number of benzene rings is 2. The lowest BCUT2D eigenvalue weighted by Crippen LogP contribution is -2.62. The first-order valence-electron chi connectivity index (χ1n) is 32.0. The van der Waals surface area contributed by atoms with Gasteiger partial charge in [0.1, 0.15) is 30.2 Å². The molecule has 3 aliphatic heterocycles. The molecule has 12 atom stereocenters. The zero-order valence-electron chi connectivity index (χ0n) is 55.1. The van der Waals surface area contributed by atoms with Gasteiger partial charge in [-0.1, -0.05) is 89.8 Å². The predicted octanol–water partition coefficient (Wildman–Crippen LogP) is 8.16. The van der Waals surface area contributed by atoms with Gasteiger partial charge >= 0.3 is 5.97 Å². The molecule has 0 radical (unpaired) electrons. The molecule has 2 aromatic rings. The molecule has 0 spiro atoms. The number of ether oxygens (including phenoxy) is 3. The average molecular weight is 1290 g/mol. The highest BCUT2D eigenvalue weighted by Gasteiger charge is 2.40. The molecule has 90 heavy (non-hydrogen) atoms. The molecule has 7 rings (SSSR count). The Hall–Kier alpha value is -6.16. The van der Waals surface area contributed by atoms with E-state index in [4.69, 9.17) is 37.4 Å². The van der Waals surface area contributed by atoms with Crippen LogP contribution >= 0.6 is 23.2 Å². The number of rotatable bonds is 17. The summed E-state index contributed by atoms with van der Waals surface area (Å²) in [5.41, 5.74) is 13.1. The first kappa shape index (κ1) is 74.6. The van der Waals surface area contributed by atoms with E-state index in [0.717, 1.165) is 47.9 Å². The molecule has 2 aromatic carbocycles. The van der Waals surface area contributed by atoms with E-state index in [-0.39, 0.29) is 59.6 Å². The number of alkyl halides is 2. The minimum Gasteiger partial charge on any atom is -0.452 e. The van der Waals surface area contributed by atoms with E-state index >= 15 is 0 Å². The monoisotopic (exact) mass is 1290 g/mol. The third-order valence-electron chi connectivity index (χ3n) is 17.8. The fourth-order valence-corrected chi connectivity index (χ4v) is 12.2. The van der Waals surface area contributed by atoms with Crippen LogP contribution in [0.4, 0.5) is 0 Å². The molecule has 498 valence electrons.